The molecule has 10 heteroatoms. The van der Waals surface area contributed by atoms with Crippen LogP contribution in [0.3, 0.4) is 0 Å². The van der Waals surface area contributed by atoms with Crippen LogP contribution in [0.2, 0.25) is 5.02 Å². The lowest BCUT2D eigenvalue weighted by Crippen LogP contribution is -2.48. The van der Waals surface area contributed by atoms with Gasteiger partial charge in [0.1, 0.15) is 13.2 Å². The number of hydrogen-bond acceptors (Lipinski definition) is 8. The van der Waals surface area contributed by atoms with E-state index in [-0.39, 0.29) is 5.91 Å². The van der Waals surface area contributed by atoms with Gasteiger partial charge < -0.3 is 18.9 Å². The van der Waals surface area contributed by atoms with Gasteiger partial charge in [0.05, 0.1) is 16.4 Å². The number of carbonyl (C=O) groups is 1. The lowest BCUT2D eigenvalue weighted by molar-refractivity contribution is 0.0614. The Morgan fingerprint density at radius 2 is 2.00 bits per heavy atom. The number of rotatable bonds is 4. The Hall–Kier alpha value is -2.62. The van der Waals surface area contributed by atoms with Gasteiger partial charge in [0.25, 0.3) is 5.91 Å². The van der Waals surface area contributed by atoms with Gasteiger partial charge in [0.2, 0.25) is 11.7 Å². The molecule has 0 radical (unpaired) electrons. The summed E-state index contributed by atoms with van der Waals surface area (Å²) < 4.78 is 16.5. The van der Waals surface area contributed by atoms with E-state index < -0.39 is 0 Å². The Labute approximate surface area is 181 Å². The van der Waals surface area contributed by atoms with Crippen LogP contribution in [0.4, 0.5) is 0 Å². The van der Waals surface area contributed by atoms with Crippen molar-refractivity contribution in [3.63, 3.8) is 0 Å². The molecular weight excluding hydrogens is 428 g/mol. The SMILES string of the molecule is O=C(c1cc(Cl)c2c(c1)OCCO2)N1CCN(Cc2nc(-c3cccs3)no2)CC1. The van der Waals surface area contributed by atoms with Crippen molar-refractivity contribution in [2.24, 2.45) is 0 Å². The van der Waals surface area contributed by atoms with Crippen molar-refractivity contribution in [1.82, 2.24) is 19.9 Å². The number of aromatic nitrogens is 2. The first-order valence-corrected chi connectivity index (χ1v) is 10.9. The quantitative estimate of drug-likeness (QED) is 0.608. The van der Waals surface area contributed by atoms with E-state index in [0.29, 0.717) is 66.6 Å². The molecule has 0 aliphatic carbocycles. The summed E-state index contributed by atoms with van der Waals surface area (Å²) in [6.07, 6.45) is 0. The number of hydrogen-bond donors (Lipinski definition) is 0. The van der Waals surface area contributed by atoms with Gasteiger partial charge in [-0.25, -0.2) is 0 Å². The van der Waals surface area contributed by atoms with Crippen LogP contribution in [-0.2, 0) is 6.54 Å². The van der Waals surface area contributed by atoms with Crippen LogP contribution in [-0.4, -0.2) is 65.2 Å². The van der Waals surface area contributed by atoms with Gasteiger partial charge in [-0.3, -0.25) is 9.69 Å². The van der Waals surface area contributed by atoms with Crippen molar-refractivity contribution in [3.05, 3.63) is 46.1 Å². The number of halogens is 1. The van der Waals surface area contributed by atoms with Crippen LogP contribution in [0.1, 0.15) is 16.2 Å². The molecule has 0 bridgehead atoms. The smallest absolute Gasteiger partial charge is 0.254 e. The minimum absolute atomic E-state index is 0.0636. The maximum atomic E-state index is 13.0. The van der Waals surface area contributed by atoms with Crippen LogP contribution in [0, 0.1) is 0 Å². The fraction of sp³-hybridized carbons (Fsp3) is 0.350. The maximum absolute atomic E-state index is 13.0. The van der Waals surface area contributed by atoms with Crippen molar-refractivity contribution in [2.45, 2.75) is 6.54 Å². The highest BCUT2D eigenvalue weighted by Gasteiger charge is 2.26. The number of nitrogens with zero attached hydrogens (tertiary/aromatic N) is 4. The van der Waals surface area contributed by atoms with Gasteiger partial charge >= 0.3 is 0 Å². The molecule has 3 aromatic rings. The minimum Gasteiger partial charge on any atom is -0.486 e. The summed E-state index contributed by atoms with van der Waals surface area (Å²) in [4.78, 5) is 22.4. The summed E-state index contributed by atoms with van der Waals surface area (Å²) in [6.45, 7) is 4.13. The number of thiophene rings is 1. The molecule has 2 aliphatic heterocycles. The summed E-state index contributed by atoms with van der Waals surface area (Å²) in [5, 5.41) is 6.43. The third kappa shape index (κ3) is 3.88. The zero-order chi connectivity index (χ0) is 20.5. The van der Waals surface area contributed by atoms with Gasteiger partial charge in [-0.1, -0.05) is 22.8 Å². The minimum atomic E-state index is -0.0636. The van der Waals surface area contributed by atoms with E-state index >= 15 is 0 Å². The molecule has 1 amide bonds. The fourth-order valence-corrected chi connectivity index (χ4v) is 4.46. The molecular formula is C20H19ClN4O4S. The predicted molar refractivity (Wildman–Crippen MR) is 111 cm³/mol. The Kier molecular flexibility index (Phi) is 5.32. The standard InChI is InChI=1S/C20H19ClN4O4S/c21-14-10-13(11-15-18(14)28-8-7-27-15)20(26)25-5-3-24(4-6-25)12-17-22-19(23-29-17)16-2-1-9-30-16/h1-2,9-11H,3-8,12H2. The highest BCUT2D eigenvalue weighted by atomic mass is 35.5. The summed E-state index contributed by atoms with van der Waals surface area (Å²) in [5.41, 5.74) is 0.509. The Morgan fingerprint density at radius 3 is 2.80 bits per heavy atom. The molecule has 0 saturated carbocycles. The topological polar surface area (TPSA) is 80.9 Å². The second-order valence-corrected chi connectivity index (χ2v) is 8.39. The first kappa shape index (κ1) is 19.3. The van der Waals surface area contributed by atoms with E-state index in [0.717, 1.165) is 18.0 Å². The number of carbonyl (C=O) groups excluding carboxylic acids is 1. The summed E-state index contributed by atoms with van der Waals surface area (Å²) in [7, 11) is 0. The Morgan fingerprint density at radius 1 is 1.17 bits per heavy atom. The molecule has 0 spiro atoms. The number of amides is 1. The molecule has 0 atom stereocenters. The number of fused-ring (bicyclic) bond motifs is 1. The van der Waals surface area contributed by atoms with Gasteiger partial charge in [0.15, 0.2) is 11.5 Å². The van der Waals surface area contributed by atoms with Crippen molar-refractivity contribution >= 4 is 28.8 Å². The molecule has 0 unspecified atom stereocenters. The number of ether oxygens (including phenoxy) is 2. The summed E-state index contributed by atoms with van der Waals surface area (Å²) in [5.74, 6) is 2.16. The first-order chi connectivity index (χ1) is 14.7. The zero-order valence-electron chi connectivity index (χ0n) is 16.0. The van der Waals surface area contributed by atoms with Crippen LogP contribution < -0.4 is 9.47 Å². The van der Waals surface area contributed by atoms with E-state index in [4.69, 9.17) is 25.6 Å². The van der Waals surface area contributed by atoms with Crippen molar-refractivity contribution in [2.75, 3.05) is 39.4 Å². The van der Waals surface area contributed by atoms with Crippen LogP contribution >= 0.6 is 22.9 Å². The van der Waals surface area contributed by atoms with Gasteiger partial charge in [-0.2, -0.15) is 4.98 Å². The second-order valence-electron chi connectivity index (χ2n) is 7.04. The van der Waals surface area contributed by atoms with Crippen molar-refractivity contribution < 1.29 is 18.8 Å². The number of benzene rings is 1. The predicted octanol–water partition coefficient (Wildman–Crippen LogP) is 3.18. The highest BCUT2D eigenvalue weighted by Crippen LogP contribution is 2.38. The molecule has 2 aliphatic rings. The molecule has 4 heterocycles. The summed E-state index contributed by atoms with van der Waals surface area (Å²) in [6, 6.07) is 7.28. The molecule has 8 nitrogen and oxygen atoms in total. The van der Waals surface area contributed by atoms with Crippen molar-refractivity contribution in [3.8, 4) is 22.2 Å². The maximum Gasteiger partial charge on any atom is 0.254 e. The monoisotopic (exact) mass is 446 g/mol. The molecule has 1 fully saturated rings. The third-order valence-electron chi connectivity index (χ3n) is 5.07. The second kappa shape index (κ2) is 8.25. The molecule has 0 N–H and O–H groups in total. The van der Waals surface area contributed by atoms with E-state index in [2.05, 4.69) is 15.0 Å². The van der Waals surface area contributed by atoms with Crippen LogP contribution in [0.5, 0.6) is 11.5 Å². The van der Waals surface area contributed by atoms with E-state index in [1.54, 1.807) is 23.5 Å². The Balaban J connectivity index is 1.20. The van der Waals surface area contributed by atoms with Crippen molar-refractivity contribution in [1.29, 1.82) is 0 Å². The average molecular weight is 447 g/mol. The fourth-order valence-electron chi connectivity index (χ4n) is 3.54. The molecule has 2 aromatic heterocycles. The van der Waals surface area contributed by atoms with Crippen LogP contribution in [0.15, 0.2) is 34.2 Å². The van der Waals surface area contributed by atoms with Crippen LogP contribution in [0.25, 0.3) is 10.7 Å². The molecule has 1 saturated heterocycles. The molecule has 30 heavy (non-hydrogen) atoms. The van der Waals surface area contributed by atoms with E-state index in [1.807, 2.05) is 22.4 Å². The van der Waals surface area contributed by atoms with Gasteiger partial charge in [0, 0.05) is 31.7 Å². The first-order valence-electron chi connectivity index (χ1n) is 9.64. The zero-order valence-corrected chi connectivity index (χ0v) is 17.6. The molecule has 1 aromatic carbocycles. The van der Waals surface area contributed by atoms with E-state index in [1.165, 1.54) is 0 Å². The average Bonchev–Trinajstić information content (AvgIpc) is 3.46. The lowest BCUT2D eigenvalue weighted by Gasteiger charge is -2.34. The lowest BCUT2D eigenvalue weighted by atomic mass is 10.1. The van der Waals surface area contributed by atoms with E-state index in [9.17, 15) is 4.79 Å². The molecule has 156 valence electrons. The molecule has 5 rings (SSSR count). The largest absolute Gasteiger partial charge is 0.486 e. The van der Waals surface area contributed by atoms with Gasteiger partial charge in [-0.05, 0) is 23.6 Å². The number of piperazine rings is 1. The summed E-state index contributed by atoms with van der Waals surface area (Å²) >= 11 is 7.85. The third-order valence-corrected chi connectivity index (χ3v) is 6.22. The van der Waals surface area contributed by atoms with Gasteiger partial charge in [-0.15, -0.1) is 11.3 Å². The Bertz CT molecular complexity index is 1050. The highest BCUT2D eigenvalue weighted by molar-refractivity contribution is 7.13. The normalized spacial score (nSPS) is 16.6.